The molecule has 0 aromatic heterocycles. The van der Waals surface area contributed by atoms with E-state index in [2.05, 4.69) is 21.3 Å². The number of ketones is 1. The summed E-state index contributed by atoms with van der Waals surface area (Å²) in [6.45, 7) is 1.30. The van der Waals surface area contributed by atoms with Crippen LogP contribution in [0.2, 0.25) is 0 Å². The number of carbonyl (C=O) groups is 5. The molecule has 4 N–H and O–H groups in total. The number of ether oxygens (including phenoxy) is 2. The van der Waals surface area contributed by atoms with E-state index >= 15 is 0 Å². The number of hydrogen-bond acceptors (Lipinski definition) is 7. The van der Waals surface area contributed by atoms with Crippen LogP contribution in [0.15, 0.2) is 18.2 Å². The Labute approximate surface area is 252 Å². The van der Waals surface area contributed by atoms with Gasteiger partial charge in [0.05, 0.1) is 6.04 Å². The Hall–Kier alpha value is -3.63. The van der Waals surface area contributed by atoms with Crippen LogP contribution in [0.25, 0.3) is 0 Å². The van der Waals surface area contributed by atoms with Crippen molar-refractivity contribution in [2.24, 2.45) is 11.8 Å². The molecule has 4 aliphatic rings. The Kier molecular flexibility index (Phi) is 10.5. The molecule has 0 bridgehead atoms. The molecule has 0 radical (unpaired) electrons. The third-order valence-corrected chi connectivity index (χ3v) is 9.20. The summed E-state index contributed by atoms with van der Waals surface area (Å²) in [6, 6.07) is 2.73. The molecule has 0 unspecified atom stereocenters. The maximum atomic E-state index is 13.8. The highest BCUT2D eigenvalue weighted by molar-refractivity contribution is 6.38. The highest BCUT2D eigenvalue weighted by Gasteiger charge is 2.37. The van der Waals surface area contributed by atoms with Crippen LogP contribution in [0, 0.1) is 11.8 Å². The molecular formula is C32H44N4O7. The molecule has 0 spiro atoms. The lowest BCUT2D eigenvalue weighted by Gasteiger charge is -2.29. The summed E-state index contributed by atoms with van der Waals surface area (Å²) < 4.78 is 11.2. The highest BCUT2D eigenvalue weighted by Crippen LogP contribution is 2.31. The molecule has 1 saturated heterocycles. The molecule has 4 amide bonds. The van der Waals surface area contributed by atoms with Crippen molar-refractivity contribution in [3.05, 3.63) is 23.8 Å². The van der Waals surface area contributed by atoms with Crippen molar-refractivity contribution in [3.8, 4) is 11.5 Å². The zero-order valence-electron chi connectivity index (χ0n) is 24.8. The second-order valence-electron chi connectivity index (χ2n) is 12.4. The van der Waals surface area contributed by atoms with Crippen molar-refractivity contribution >= 4 is 29.4 Å². The minimum atomic E-state index is -1.18. The molecule has 2 heterocycles. The Balaban J connectivity index is 1.31. The van der Waals surface area contributed by atoms with E-state index in [-0.39, 0.29) is 24.3 Å². The van der Waals surface area contributed by atoms with E-state index in [1.807, 2.05) is 0 Å². The van der Waals surface area contributed by atoms with Crippen LogP contribution in [0.3, 0.4) is 0 Å². The highest BCUT2D eigenvalue weighted by atomic mass is 16.6. The van der Waals surface area contributed by atoms with E-state index < -0.39 is 41.5 Å². The monoisotopic (exact) mass is 596 g/mol. The summed E-state index contributed by atoms with van der Waals surface area (Å²) in [6.07, 6.45) is 10.9. The fourth-order valence-corrected chi connectivity index (χ4v) is 6.73. The fourth-order valence-electron chi connectivity index (χ4n) is 6.73. The molecule has 1 aromatic carbocycles. The average molecular weight is 597 g/mol. The van der Waals surface area contributed by atoms with Gasteiger partial charge in [-0.05, 0) is 56.2 Å². The minimum Gasteiger partial charge on any atom is -0.486 e. The largest absolute Gasteiger partial charge is 0.486 e. The first-order valence-corrected chi connectivity index (χ1v) is 16.0. The maximum Gasteiger partial charge on any atom is 0.289 e. The van der Waals surface area contributed by atoms with Crippen molar-refractivity contribution in [1.82, 2.24) is 21.3 Å². The minimum absolute atomic E-state index is 0.0285. The van der Waals surface area contributed by atoms with Gasteiger partial charge >= 0.3 is 0 Å². The average Bonchev–Trinajstić information content (AvgIpc) is 3.44. The summed E-state index contributed by atoms with van der Waals surface area (Å²) in [5, 5.41) is 11.3. The Morgan fingerprint density at radius 3 is 2.21 bits per heavy atom. The molecule has 1 aromatic rings. The van der Waals surface area contributed by atoms with Gasteiger partial charge < -0.3 is 30.7 Å². The summed E-state index contributed by atoms with van der Waals surface area (Å²) in [5.41, 5.74) is 0.327. The first kappa shape index (κ1) is 30.8. The van der Waals surface area contributed by atoms with E-state index in [9.17, 15) is 24.0 Å². The summed E-state index contributed by atoms with van der Waals surface area (Å²) in [4.78, 5) is 66.1. The van der Waals surface area contributed by atoms with Crippen molar-refractivity contribution < 1.29 is 33.4 Å². The number of carbonyl (C=O) groups excluding carboxylic acids is 5. The number of amides is 4. The Morgan fingerprint density at radius 2 is 1.51 bits per heavy atom. The molecule has 3 atom stereocenters. The van der Waals surface area contributed by atoms with E-state index in [1.54, 1.807) is 18.2 Å². The van der Waals surface area contributed by atoms with Gasteiger partial charge in [-0.15, -0.1) is 0 Å². The number of hydrogen-bond donors (Lipinski definition) is 4. The first-order valence-electron chi connectivity index (χ1n) is 16.0. The van der Waals surface area contributed by atoms with Gasteiger partial charge in [0.15, 0.2) is 11.5 Å². The molecule has 2 aliphatic heterocycles. The van der Waals surface area contributed by atoms with Crippen LogP contribution in [0.5, 0.6) is 11.5 Å². The lowest BCUT2D eigenvalue weighted by atomic mass is 9.84. The van der Waals surface area contributed by atoms with Crippen LogP contribution in [0.1, 0.15) is 93.8 Å². The van der Waals surface area contributed by atoms with Crippen molar-refractivity contribution in [1.29, 1.82) is 0 Å². The Morgan fingerprint density at radius 1 is 0.814 bits per heavy atom. The van der Waals surface area contributed by atoms with Gasteiger partial charge in [0.25, 0.3) is 11.8 Å². The van der Waals surface area contributed by atoms with Gasteiger partial charge in [-0.3, -0.25) is 24.0 Å². The molecule has 2 saturated carbocycles. The zero-order valence-corrected chi connectivity index (χ0v) is 24.8. The van der Waals surface area contributed by atoms with Crippen LogP contribution >= 0.6 is 0 Å². The molecule has 5 rings (SSSR count). The standard InChI is InChI=1S/C32H44N4O7/c37-28(32(41)34-23-9-5-2-6-10-23)24(18-22-13-14-33-29(22)38)35-31(40)25(17-20-7-3-1-4-8-20)36-30(39)21-11-12-26-27(19-21)43-16-15-42-26/h11-12,19-20,22-25H,1-10,13-18H2,(H,33,38)(H,34,41)(H,35,40)(H,36,39)/t22-,24-,25+/m1/s1. The SMILES string of the molecule is O=C(NC1CCCCC1)C(=O)[C@@H](C[C@H]1CCNC1=O)NC(=O)[C@H](CC1CCCCC1)NC(=O)c1ccc2c(c1)OCCO2. The van der Waals surface area contributed by atoms with Gasteiger partial charge in [0.1, 0.15) is 19.3 Å². The number of Topliss-reactive ketones (excluding diaryl/α,β-unsaturated/α-hetero) is 1. The van der Waals surface area contributed by atoms with E-state index in [0.717, 1.165) is 64.2 Å². The van der Waals surface area contributed by atoms with Crippen LogP contribution in [-0.2, 0) is 19.2 Å². The van der Waals surface area contributed by atoms with Gasteiger partial charge in [0.2, 0.25) is 17.6 Å². The van der Waals surface area contributed by atoms with Crippen LogP contribution in [-0.4, -0.2) is 67.3 Å². The van der Waals surface area contributed by atoms with Crippen LogP contribution < -0.4 is 30.7 Å². The van der Waals surface area contributed by atoms with Crippen molar-refractivity contribution in [2.45, 2.75) is 102 Å². The third-order valence-electron chi connectivity index (χ3n) is 9.20. The molecule has 11 heteroatoms. The predicted octanol–water partition coefficient (Wildman–Crippen LogP) is 2.56. The maximum absolute atomic E-state index is 13.8. The summed E-state index contributed by atoms with van der Waals surface area (Å²) in [5.74, 6) is -1.87. The second-order valence-corrected chi connectivity index (χ2v) is 12.4. The van der Waals surface area contributed by atoms with Gasteiger partial charge in [0, 0.05) is 24.1 Å². The lowest BCUT2D eigenvalue weighted by molar-refractivity contribution is -0.141. The summed E-state index contributed by atoms with van der Waals surface area (Å²) >= 11 is 0. The first-order chi connectivity index (χ1) is 20.9. The van der Waals surface area contributed by atoms with Crippen molar-refractivity contribution in [3.63, 3.8) is 0 Å². The second kappa shape index (κ2) is 14.7. The summed E-state index contributed by atoms with van der Waals surface area (Å²) in [7, 11) is 0. The normalized spacial score (nSPS) is 22.1. The topological polar surface area (TPSA) is 152 Å². The molecule has 11 nitrogen and oxygen atoms in total. The zero-order chi connectivity index (χ0) is 30.2. The lowest BCUT2D eigenvalue weighted by Crippen LogP contribution is -2.55. The molecule has 3 fully saturated rings. The molecular weight excluding hydrogens is 552 g/mol. The van der Waals surface area contributed by atoms with Gasteiger partial charge in [-0.1, -0.05) is 51.4 Å². The third kappa shape index (κ3) is 8.26. The number of rotatable bonds is 11. The van der Waals surface area contributed by atoms with E-state index in [1.165, 1.54) is 0 Å². The van der Waals surface area contributed by atoms with Crippen LogP contribution in [0.4, 0.5) is 0 Å². The number of nitrogens with one attached hydrogen (secondary N) is 4. The van der Waals surface area contributed by atoms with E-state index in [0.29, 0.717) is 49.7 Å². The van der Waals surface area contributed by atoms with Gasteiger partial charge in [-0.2, -0.15) is 0 Å². The van der Waals surface area contributed by atoms with Gasteiger partial charge in [-0.25, -0.2) is 0 Å². The number of fused-ring (bicyclic) bond motifs is 1. The predicted molar refractivity (Wildman–Crippen MR) is 158 cm³/mol. The van der Waals surface area contributed by atoms with E-state index in [4.69, 9.17) is 9.47 Å². The molecule has 43 heavy (non-hydrogen) atoms. The smallest absolute Gasteiger partial charge is 0.289 e. The number of benzene rings is 1. The van der Waals surface area contributed by atoms with Crippen molar-refractivity contribution in [2.75, 3.05) is 19.8 Å². The molecule has 234 valence electrons. The quantitative estimate of drug-likeness (QED) is 0.287. The fraction of sp³-hybridized carbons (Fsp3) is 0.656. The Bertz CT molecular complexity index is 1190. The molecule has 2 aliphatic carbocycles.